The zero-order chi connectivity index (χ0) is 21.9. The van der Waals surface area contributed by atoms with E-state index < -0.39 is 11.9 Å². The van der Waals surface area contributed by atoms with Gasteiger partial charge < -0.3 is 15.6 Å². The van der Waals surface area contributed by atoms with Crippen molar-refractivity contribution in [2.45, 2.75) is 103 Å². The molecule has 0 radical (unpaired) electrons. The maximum absolute atomic E-state index is 9.55. The van der Waals surface area contributed by atoms with Gasteiger partial charge in [0.15, 0.2) is 0 Å². The zero-order valence-electron chi connectivity index (χ0n) is 18.4. The summed E-state index contributed by atoms with van der Waals surface area (Å²) in [6.07, 6.45) is 25.3. The van der Waals surface area contributed by atoms with Crippen LogP contribution in [0.3, 0.4) is 0 Å². The minimum Gasteiger partial charge on any atom is -0.478 e. The Bertz CT molecular complexity index is 532. The molecule has 170 valence electrons. The number of allylic oxidation sites excluding steroid dienone is 2. The second kappa shape index (κ2) is 17.7. The van der Waals surface area contributed by atoms with Crippen LogP contribution in [0, 0.1) is 0 Å². The Morgan fingerprint density at radius 1 is 0.733 bits per heavy atom. The van der Waals surface area contributed by atoms with Crippen LogP contribution in [0.15, 0.2) is 28.9 Å². The first-order valence-corrected chi connectivity index (χ1v) is 11.7. The van der Waals surface area contributed by atoms with Crippen LogP contribution in [0.1, 0.15) is 103 Å². The van der Waals surface area contributed by atoms with Crippen LogP contribution < -0.4 is 5.43 Å². The number of carboxylic acids is 2. The molecule has 0 bridgehead atoms. The Morgan fingerprint density at radius 2 is 1.23 bits per heavy atom. The van der Waals surface area contributed by atoms with E-state index in [9.17, 15) is 9.59 Å². The van der Waals surface area contributed by atoms with Gasteiger partial charge in [-0.15, -0.1) is 0 Å². The lowest BCUT2D eigenvalue weighted by Gasteiger charge is -2.12. The molecule has 0 aromatic carbocycles. The summed E-state index contributed by atoms with van der Waals surface area (Å²) >= 11 is 0. The van der Waals surface area contributed by atoms with Crippen molar-refractivity contribution in [3.05, 3.63) is 23.8 Å². The standard InChI is InChI=1S/C20H36N2.C4H4O4/c1-2-4-8-12-16-19(15-11-7-3-1)20-17-13-9-5-6-10-14-18-21-22-20;5-3(6)1-2-4(7)8/h15,21H,1-14,16-18H2;1-2H,(H,5,6)(H,7,8)/b19-15+,22-20-;2-1-. The highest BCUT2D eigenvalue weighted by Crippen LogP contribution is 2.20. The van der Waals surface area contributed by atoms with Crippen LogP contribution in [0.5, 0.6) is 0 Å². The molecule has 6 heteroatoms. The van der Waals surface area contributed by atoms with Crippen molar-refractivity contribution in [3.63, 3.8) is 0 Å². The van der Waals surface area contributed by atoms with E-state index in [1.54, 1.807) is 5.57 Å². The van der Waals surface area contributed by atoms with Crippen LogP contribution in [0.25, 0.3) is 0 Å². The first kappa shape index (κ1) is 25.9. The molecule has 0 aromatic rings. The average molecular weight is 421 g/mol. The predicted octanol–water partition coefficient (Wildman–Crippen LogP) is 5.84. The molecule has 0 fully saturated rings. The van der Waals surface area contributed by atoms with Crippen LogP contribution in [0.4, 0.5) is 0 Å². The Morgan fingerprint density at radius 3 is 1.83 bits per heavy atom. The molecule has 1 aliphatic heterocycles. The molecule has 0 spiro atoms. The number of aliphatic carboxylic acids is 2. The van der Waals surface area contributed by atoms with Crippen LogP contribution >= 0.6 is 0 Å². The van der Waals surface area contributed by atoms with Crippen molar-refractivity contribution in [1.29, 1.82) is 0 Å². The van der Waals surface area contributed by atoms with Crippen LogP contribution in [0.2, 0.25) is 0 Å². The zero-order valence-corrected chi connectivity index (χ0v) is 18.4. The van der Waals surface area contributed by atoms with Crippen LogP contribution in [-0.2, 0) is 9.59 Å². The van der Waals surface area contributed by atoms with Crippen molar-refractivity contribution < 1.29 is 19.8 Å². The van der Waals surface area contributed by atoms with Crippen molar-refractivity contribution in [2.24, 2.45) is 5.10 Å². The molecular formula is C24H40N2O4. The third kappa shape index (κ3) is 14.8. The van der Waals surface area contributed by atoms with Crippen molar-refractivity contribution >= 4 is 17.7 Å². The van der Waals surface area contributed by atoms with Gasteiger partial charge in [-0.1, -0.05) is 63.9 Å². The summed E-state index contributed by atoms with van der Waals surface area (Å²) in [4.78, 5) is 19.1. The topological polar surface area (TPSA) is 99.0 Å². The average Bonchev–Trinajstić information content (AvgIpc) is 2.82. The van der Waals surface area contributed by atoms with Crippen molar-refractivity contribution in [1.82, 2.24) is 5.43 Å². The summed E-state index contributed by atoms with van der Waals surface area (Å²) < 4.78 is 0. The molecule has 6 nitrogen and oxygen atoms in total. The molecule has 0 saturated carbocycles. The van der Waals surface area contributed by atoms with E-state index in [0.717, 1.165) is 6.54 Å². The number of hydrogen-bond acceptors (Lipinski definition) is 4. The summed E-state index contributed by atoms with van der Waals surface area (Å²) in [6.45, 7) is 1.05. The largest absolute Gasteiger partial charge is 0.478 e. The molecule has 1 heterocycles. The lowest BCUT2D eigenvalue weighted by molar-refractivity contribution is -0.134. The Hall–Kier alpha value is -2.11. The number of hydrogen-bond donors (Lipinski definition) is 3. The van der Waals surface area contributed by atoms with E-state index in [-0.39, 0.29) is 0 Å². The summed E-state index contributed by atoms with van der Waals surface area (Å²) in [5.41, 5.74) is 6.29. The van der Waals surface area contributed by atoms with Gasteiger partial charge in [0, 0.05) is 18.7 Å². The fraction of sp³-hybridized carbons (Fsp3) is 0.708. The molecule has 3 N–H and O–H groups in total. The third-order valence-electron chi connectivity index (χ3n) is 5.45. The van der Waals surface area contributed by atoms with Gasteiger partial charge in [-0.2, -0.15) is 5.10 Å². The summed E-state index contributed by atoms with van der Waals surface area (Å²) in [7, 11) is 0. The summed E-state index contributed by atoms with van der Waals surface area (Å²) in [6, 6.07) is 0. The lowest BCUT2D eigenvalue weighted by Crippen LogP contribution is -2.14. The number of carboxylic acid groups (broad SMARTS) is 2. The normalized spacial score (nSPS) is 23.6. The molecule has 30 heavy (non-hydrogen) atoms. The first-order valence-electron chi connectivity index (χ1n) is 11.7. The number of rotatable bonds is 3. The Kier molecular flexibility index (Phi) is 15.3. The number of carbonyl (C=O) groups is 2. The Balaban J connectivity index is 0.000000479. The van der Waals surface area contributed by atoms with E-state index in [0.29, 0.717) is 12.2 Å². The predicted molar refractivity (Wildman–Crippen MR) is 122 cm³/mol. The molecule has 2 rings (SSSR count). The minimum absolute atomic E-state index is 0.558. The molecule has 0 saturated heterocycles. The smallest absolute Gasteiger partial charge is 0.328 e. The molecule has 0 unspecified atom stereocenters. The van der Waals surface area contributed by atoms with Gasteiger partial charge in [0.25, 0.3) is 0 Å². The van der Waals surface area contributed by atoms with E-state index in [2.05, 4.69) is 11.5 Å². The highest BCUT2D eigenvalue weighted by molar-refractivity contribution is 5.99. The summed E-state index contributed by atoms with van der Waals surface area (Å²) in [5, 5.41) is 20.4. The highest BCUT2D eigenvalue weighted by atomic mass is 16.4. The van der Waals surface area contributed by atoms with Gasteiger partial charge in [0.1, 0.15) is 0 Å². The van der Waals surface area contributed by atoms with Gasteiger partial charge in [-0.3, -0.25) is 0 Å². The number of nitrogens with zero attached hydrogens (tertiary/aromatic N) is 1. The lowest BCUT2D eigenvalue weighted by atomic mass is 9.97. The maximum Gasteiger partial charge on any atom is 0.328 e. The minimum atomic E-state index is -1.26. The van der Waals surface area contributed by atoms with Gasteiger partial charge in [-0.25, -0.2) is 9.59 Å². The third-order valence-corrected chi connectivity index (χ3v) is 5.45. The van der Waals surface area contributed by atoms with E-state index in [1.165, 1.54) is 108 Å². The van der Waals surface area contributed by atoms with Crippen LogP contribution in [-0.4, -0.2) is 34.4 Å². The number of hydrazone groups is 1. The first-order chi connectivity index (χ1) is 14.6. The summed E-state index contributed by atoms with van der Waals surface area (Å²) in [5.74, 6) is -2.51. The van der Waals surface area contributed by atoms with E-state index >= 15 is 0 Å². The monoisotopic (exact) mass is 420 g/mol. The van der Waals surface area contributed by atoms with Gasteiger partial charge >= 0.3 is 11.9 Å². The van der Waals surface area contributed by atoms with E-state index in [4.69, 9.17) is 15.3 Å². The van der Waals surface area contributed by atoms with Gasteiger partial charge in [-0.05, 0) is 50.5 Å². The maximum atomic E-state index is 9.55. The van der Waals surface area contributed by atoms with Crippen molar-refractivity contribution in [2.75, 3.05) is 6.54 Å². The SMILES string of the molecule is C1=C(/C2=N\NCCCCCCCC2)CCCCCCCCC/1.O=C(O)/C=C\C(=O)O. The molecule has 0 aromatic heterocycles. The Labute approximate surface area is 181 Å². The molecule has 1 aliphatic carbocycles. The molecular weight excluding hydrogens is 380 g/mol. The molecule has 2 aliphatic rings. The fourth-order valence-corrected chi connectivity index (χ4v) is 3.77. The second-order valence-corrected chi connectivity index (χ2v) is 8.09. The highest BCUT2D eigenvalue weighted by Gasteiger charge is 2.09. The van der Waals surface area contributed by atoms with E-state index in [1.807, 2.05) is 0 Å². The molecule has 0 atom stereocenters. The quantitative estimate of drug-likeness (QED) is 0.498. The molecule has 0 amide bonds. The van der Waals surface area contributed by atoms with Gasteiger partial charge in [0.2, 0.25) is 0 Å². The number of nitrogens with one attached hydrogen (secondary N) is 1. The van der Waals surface area contributed by atoms with Crippen molar-refractivity contribution in [3.8, 4) is 0 Å². The fourth-order valence-electron chi connectivity index (χ4n) is 3.77. The van der Waals surface area contributed by atoms with Gasteiger partial charge in [0.05, 0.1) is 5.71 Å². The second-order valence-electron chi connectivity index (χ2n) is 8.09.